The van der Waals surface area contributed by atoms with E-state index < -0.39 is 23.4 Å². The first kappa shape index (κ1) is 48.4. The van der Waals surface area contributed by atoms with Gasteiger partial charge in [0.15, 0.2) is 34.4 Å². The van der Waals surface area contributed by atoms with Gasteiger partial charge in [0, 0.05) is 60.1 Å². The number of methoxy groups -OCH3 is 4. The molecule has 2 fully saturated rings. The van der Waals surface area contributed by atoms with Gasteiger partial charge in [-0.2, -0.15) is 0 Å². The number of ether oxygens (including phenoxy) is 6. The van der Waals surface area contributed by atoms with Gasteiger partial charge in [-0.1, -0.05) is 109 Å². The minimum atomic E-state index is -1.48. The summed E-state index contributed by atoms with van der Waals surface area (Å²) >= 11 is 7.80. The SMILES string of the molecule is COc1cc2c(cc1OC)C(Cc1ccc(C3(c4ccccc4)SCCS3)cc1)(OC(=O)C(=O)OC1(Cc3ccc(C4(c5ccccc5)SCCS4)cc3)NCCc3cc(OC)c(OC)cc31)NCC2. The third kappa shape index (κ3) is 9.04. The van der Waals surface area contributed by atoms with Crippen LogP contribution >= 0.6 is 47.0 Å². The third-order valence-electron chi connectivity index (χ3n) is 13.7. The van der Waals surface area contributed by atoms with Crippen molar-refractivity contribution < 1.29 is 38.0 Å². The lowest BCUT2D eigenvalue weighted by molar-refractivity contribution is -0.193. The smallest absolute Gasteiger partial charge is 0.419 e. The molecule has 10 rings (SSSR count). The van der Waals surface area contributed by atoms with E-state index in [2.05, 4.69) is 108 Å². The summed E-state index contributed by atoms with van der Waals surface area (Å²) in [5.74, 6) is 3.98. The van der Waals surface area contributed by atoms with Crippen LogP contribution in [0, 0.1) is 0 Å². The van der Waals surface area contributed by atoms with E-state index >= 15 is 0 Å². The molecular formula is C56H56N2O8S4. The summed E-state index contributed by atoms with van der Waals surface area (Å²) in [5.41, 5.74) is 6.88. The highest BCUT2D eigenvalue weighted by Gasteiger charge is 2.48. The molecule has 0 aromatic heterocycles. The van der Waals surface area contributed by atoms with E-state index in [-0.39, 0.29) is 21.0 Å². The Morgan fingerprint density at radius 1 is 0.457 bits per heavy atom. The first-order chi connectivity index (χ1) is 34.2. The molecule has 14 heteroatoms. The number of carbonyl (C=O) groups excluding carboxylic acids is 2. The minimum absolute atomic E-state index is 0.212. The zero-order valence-corrected chi connectivity index (χ0v) is 42.9. The van der Waals surface area contributed by atoms with Crippen molar-refractivity contribution in [2.75, 3.05) is 64.5 Å². The number of esters is 2. The van der Waals surface area contributed by atoms with Gasteiger partial charge in [0.1, 0.15) is 8.16 Å². The Kier molecular flexibility index (Phi) is 14.2. The van der Waals surface area contributed by atoms with Crippen LogP contribution in [-0.2, 0) is 64.4 Å². The van der Waals surface area contributed by atoms with E-state index in [9.17, 15) is 9.59 Å². The van der Waals surface area contributed by atoms with Crippen molar-refractivity contribution in [2.24, 2.45) is 0 Å². The Bertz CT molecular complexity index is 2650. The zero-order chi connectivity index (χ0) is 48.4. The highest BCUT2D eigenvalue weighted by Crippen LogP contribution is 2.57. The van der Waals surface area contributed by atoms with Crippen molar-refractivity contribution in [3.8, 4) is 23.0 Å². The van der Waals surface area contributed by atoms with Crippen molar-refractivity contribution in [1.29, 1.82) is 0 Å². The van der Waals surface area contributed by atoms with Crippen molar-refractivity contribution in [3.05, 3.63) is 189 Å². The average molecular weight is 1010 g/mol. The molecule has 0 amide bonds. The molecule has 0 aliphatic carbocycles. The van der Waals surface area contributed by atoms with E-state index in [1.807, 2.05) is 83.4 Å². The quantitative estimate of drug-likeness (QED) is 0.0797. The first-order valence-electron chi connectivity index (χ1n) is 23.5. The van der Waals surface area contributed by atoms with Crippen LogP contribution in [0.25, 0.3) is 0 Å². The van der Waals surface area contributed by atoms with E-state index in [4.69, 9.17) is 28.4 Å². The topological polar surface area (TPSA) is 114 Å². The molecule has 362 valence electrons. The molecule has 6 aromatic carbocycles. The second-order valence-electron chi connectivity index (χ2n) is 17.6. The molecule has 4 aliphatic heterocycles. The molecular weight excluding hydrogens is 957 g/mol. The van der Waals surface area contributed by atoms with Crippen LogP contribution in [0.4, 0.5) is 0 Å². The average Bonchev–Trinajstić information content (AvgIpc) is 4.12. The van der Waals surface area contributed by atoms with Crippen molar-refractivity contribution in [2.45, 2.75) is 45.3 Å². The number of benzene rings is 6. The second kappa shape index (κ2) is 20.5. The van der Waals surface area contributed by atoms with Crippen LogP contribution in [0.15, 0.2) is 133 Å². The van der Waals surface area contributed by atoms with Gasteiger partial charge < -0.3 is 28.4 Å². The maximum absolute atomic E-state index is 14.8. The van der Waals surface area contributed by atoms with Crippen molar-refractivity contribution >= 4 is 59.0 Å². The predicted molar refractivity (Wildman–Crippen MR) is 283 cm³/mol. The summed E-state index contributed by atoms with van der Waals surface area (Å²) in [4.78, 5) is 29.6. The maximum Gasteiger partial charge on any atom is 0.419 e. The van der Waals surface area contributed by atoms with Crippen molar-refractivity contribution in [3.63, 3.8) is 0 Å². The Morgan fingerprint density at radius 2 is 0.786 bits per heavy atom. The zero-order valence-electron chi connectivity index (χ0n) is 39.7. The standard InChI is InChI=1S/C56H56N2O8S4/c1-61-47-31-39-23-25-57-53(45(39)33-49(47)63-3,35-37-15-19-43(20-16-37)55(67-27-28-68-55)41-11-7-5-8-12-41)65-51(59)52(60)66-54(46-34-50(64-4)48(62-2)32-40(46)24-26-58-54)36-38-17-21-44(22-18-38)56(69-29-30-70-56)42-13-9-6-10-14-42/h5-22,31-34,57-58H,23-30,35-36H2,1-4H3. The fraction of sp³-hybridized carbons (Fsp3) is 0.321. The molecule has 2 atom stereocenters. The van der Waals surface area contributed by atoms with Gasteiger partial charge in [0.05, 0.1) is 28.4 Å². The van der Waals surface area contributed by atoms with Crippen molar-refractivity contribution in [1.82, 2.24) is 10.6 Å². The summed E-state index contributed by atoms with van der Waals surface area (Å²) in [6.07, 6.45) is 1.68. The summed E-state index contributed by atoms with van der Waals surface area (Å²) in [7, 11) is 6.35. The molecule has 0 spiro atoms. The van der Waals surface area contributed by atoms with Crippen LogP contribution < -0.4 is 29.6 Å². The van der Waals surface area contributed by atoms with Gasteiger partial charge in [0.25, 0.3) is 0 Å². The largest absolute Gasteiger partial charge is 0.493 e. The molecule has 6 aromatic rings. The monoisotopic (exact) mass is 1010 g/mol. The summed E-state index contributed by atoms with van der Waals surface area (Å²) < 4.78 is 35.8. The fourth-order valence-electron chi connectivity index (χ4n) is 10.4. The van der Waals surface area contributed by atoms with E-state index in [1.54, 1.807) is 28.4 Å². The second-order valence-corrected chi connectivity index (χ2v) is 23.4. The van der Waals surface area contributed by atoms with Gasteiger partial charge in [-0.15, -0.1) is 47.0 Å². The molecule has 2 unspecified atom stereocenters. The highest BCUT2D eigenvalue weighted by molar-refractivity contribution is 8.21. The first-order valence-corrected chi connectivity index (χ1v) is 27.4. The van der Waals surface area contributed by atoms with E-state index in [0.717, 1.165) is 45.3 Å². The van der Waals surface area contributed by atoms with Crippen LogP contribution in [0.1, 0.15) is 55.6 Å². The van der Waals surface area contributed by atoms with Gasteiger partial charge in [-0.05, 0) is 81.6 Å². The van der Waals surface area contributed by atoms with Crippen LogP contribution in [0.3, 0.4) is 0 Å². The Labute approximate surface area is 427 Å². The molecule has 4 aliphatic rings. The fourth-order valence-corrected chi connectivity index (χ4v) is 16.9. The number of thioether (sulfide) groups is 4. The van der Waals surface area contributed by atoms with Gasteiger partial charge in [-0.25, -0.2) is 9.59 Å². The Balaban J connectivity index is 0.998. The van der Waals surface area contributed by atoms with Crippen LogP contribution in [-0.4, -0.2) is 76.5 Å². The van der Waals surface area contributed by atoms with Gasteiger partial charge in [0.2, 0.25) is 0 Å². The molecule has 70 heavy (non-hydrogen) atoms. The van der Waals surface area contributed by atoms with Gasteiger partial charge in [-0.3, -0.25) is 10.6 Å². The van der Waals surface area contributed by atoms with E-state index in [0.29, 0.717) is 60.1 Å². The number of hydrogen-bond acceptors (Lipinski definition) is 14. The normalized spacial score (nSPS) is 20.9. The number of nitrogens with one attached hydrogen (secondary N) is 2. The predicted octanol–water partition coefficient (Wildman–Crippen LogP) is 9.95. The minimum Gasteiger partial charge on any atom is -0.493 e. The molecule has 0 bridgehead atoms. The summed E-state index contributed by atoms with van der Waals surface area (Å²) in [6.45, 7) is 0.929. The molecule has 4 heterocycles. The Morgan fingerprint density at radius 3 is 1.13 bits per heavy atom. The number of rotatable bonds is 14. The lowest BCUT2D eigenvalue weighted by Crippen LogP contribution is -2.55. The number of fused-ring (bicyclic) bond motifs is 2. The number of carbonyl (C=O) groups is 2. The molecule has 0 saturated carbocycles. The highest BCUT2D eigenvalue weighted by atomic mass is 32.2. The van der Waals surface area contributed by atoms with E-state index in [1.165, 1.54) is 22.3 Å². The molecule has 0 radical (unpaired) electrons. The Hall–Kier alpha value is -5.22. The lowest BCUT2D eigenvalue weighted by atomic mass is 9.85. The molecule has 10 nitrogen and oxygen atoms in total. The third-order valence-corrected chi connectivity index (χ3v) is 20.7. The van der Waals surface area contributed by atoms with Crippen LogP contribution in [0.5, 0.6) is 23.0 Å². The van der Waals surface area contributed by atoms with Crippen LogP contribution in [0.2, 0.25) is 0 Å². The number of hydrogen-bond donors (Lipinski definition) is 2. The summed E-state index contributed by atoms with van der Waals surface area (Å²) in [5, 5.41) is 7.10. The van der Waals surface area contributed by atoms with Gasteiger partial charge >= 0.3 is 11.9 Å². The lowest BCUT2D eigenvalue weighted by Gasteiger charge is -2.41. The summed E-state index contributed by atoms with van der Waals surface area (Å²) in [6, 6.07) is 45.9. The maximum atomic E-state index is 14.8. The molecule has 2 saturated heterocycles. The molecule has 2 N–H and O–H groups in total.